The number of thioether (sulfide) groups is 1. The van der Waals surface area contributed by atoms with Crippen molar-refractivity contribution in [1.82, 2.24) is 16.0 Å². The Labute approximate surface area is 202 Å². The van der Waals surface area contributed by atoms with Gasteiger partial charge in [0.1, 0.15) is 12.1 Å². The number of hydrogen-bond donors (Lipinski definition) is 7. The average Bonchev–Trinajstić information content (AvgIpc) is 2.78. The molecule has 0 bridgehead atoms. The van der Waals surface area contributed by atoms with E-state index in [9.17, 15) is 29.4 Å². The first-order chi connectivity index (χ1) is 15.6. The van der Waals surface area contributed by atoms with E-state index in [4.69, 9.17) is 5.73 Å². The zero-order valence-corrected chi connectivity index (χ0v) is 20.3. The summed E-state index contributed by atoms with van der Waals surface area (Å²) in [5.41, 5.74) is 6.41. The minimum atomic E-state index is -1.55. The maximum Gasteiger partial charge on any atom is 0.328 e. The highest BCUT2D eigenvalue weighted by Crippen LogP contribution is 2.07. The first-order valence-electron chi connectivity index (χ1n) is 10.3. The zero-order valence-electron chi connectivity index (χ0n) is 18.6. The van der Waals surface area contributed by atoms with Gasteiger partial charge in [0.05, 0.1) is 12.1 Å². The van der Waals surface area contributed by atoms with E-state index < -0.39 is 54.0 Å². The van der Waals surface area contributed by atoms with Gasteiger partial charge in [0, 0.05) is 12.2 Å². The summed E-state index contributed by atoms with van der Waals surface area (Å²) in [4.78, 5) is 49.5. The van der Waals surface area contributed by atoms with Crippen molar-refractivity contribution in [2.24, 2.45) is 5.73 Å². The molecule has 3 amide bonds. The Morgan fingerprint density at radius 2 is 1.61 bits per heavy atom. The van der Waals surface area contributed by atoms with Gasteiger partial charge in [0.2, 0.25) is 17.7 Å². The summed E-state index contributed by atoms with van der Waals surface area (Å²) in [5, 5.41) is 26.4. The van der Waals surface area contributed by atoms with E-state index in [-0.39, 0.29) is 12.2 Å². The van der Waals surface area contributed by atoms with Gasteiger partial charge in [0.25, 0.3) is 0 Å². The van der Waals surface area contributed by atoms with Crippen LogP contribution in [-0.2, 0) is 25.6 Å². The zero-order chi connectivity index (χ0) is 25.0. The number of thiol groups is 1. The van der Waals surface area contributed by atoms with E-state index >= 15 is 0 Å². The Kier molecular flexibility index (Phi) is 12.9. The lowest BCUT2D eigenvalue weighted by Gasteiger charge is -2.25. The van der Waals surface area contributed by atoms with Crippen molar-refractivity contribution < 1.29 is 29.4 Å². The number of carbonyl (C=O) groups is 4. The van der Waals surface area contributed by atoms with Crippen molar-refractivity contribution in [3.63, 3.8) is 0 Å². The summed E-state index contributed by atoms with van der Waals surface area (Å²) in [6.07, 6.45) is 0.868. The monoisotopic (exact) mass is 500 g/mol. The molecule has 1 aromatic rings. The predicted octanol–water partition coefficient (Wildman–Crippen LogP) is -0.841. The van der Waals surface area contributed by atoms with Crippen LogP contribution in [0.2, 0.25) is 0 Å². The smallest absolute Gasteiger partial charge is 0.328 e. The molecule has 0 spiro atoms. The van der Waals surface area contributed by atoms with E-state index in [2.05, 4.69) is 28.6 Å². The molecule has 0 radical (unpaired) electrons. The first-order valence-corrected chi connectivity index (χ1v) is 12.3. The van der Waals surface area contributed by atoms with Crippen molar-refractivity contribution in [1.29, 1.82) is 0 Å². The number of aliphatic carboxylic acids is 1. The number of benzene rings is 1. The number of rotatable bonds is 14. The highest BCUT2D eigenvalue weighted by Gasteiger charge is 2.31. The lowest BCUT2D eigenvalue weighted by molar-refractivity contribution is -0.145. The predicted molar refractivity (Wildman–Crippen MR) is 130 cm³/mol. The number of aliphatic hydroxyl groups excluding tert-OH is 1. The molecule has 0 heterocycles. The lowest BCUT2D eigenvalue weighted by Crippen LogP contribution is -2.59. The SMILES string of the molecule is CSCCC(NC(=O)C(N)CS)C(=O)NC(Cc1ccccc1)C(=O)NC(C(=O)O)C(C)O. The Morgan fingerprint density at radius 3 is 2.12 bits per heavy atom. The number of amides is 3. The highest BCUT2D eigenvalue weighted by molar-refractivity contribution is 7.98. The Morgan fingerprint density at radius 1 is 1.03 bits per heavy atom. The Balaban J connectivity index is 3.08. The second-order valence-electron chi connectivity index (χ2n) is 7.45. The van der Waals surface area contributed by atoms with Crippen LogP contribution in [0.25, 0.3) is 0 Å². The van der Waals surface area contributed by atoms with Gasteiger partial charge in [-0.15, -0.1) is 0 Å². The van der Waals surface area contributed by atoms with Gasteiger partial charge < -0.3 is 31.9 Å². The number of nitrogens with one attached hydrogen (secondary N) is 3. The van der Waals surface area contributed by atoms with E-state index in [1.165, 1.54) is 18.7 Å². The Hall–Kier alpha value is -2.28. The minimum Gasteiger partial charge on any atom is -0.480 e. The number of carboxylic acid groups (broad SMARTS) is 1. The maximum atomic E-state index is 13.0. The molecule has 0 fully saturated rings. The van der Waals surface area contributed by atoms with Crippen LogP contribution < -0.4 is 21.7 Å². The third-order valence-electron chi connectivity index (χ3n) is 4.74. The van der Waals surface area contributed by atoms with Crippen molar-refractivity contribution in [3.8, 4) is 0 Å². The molecule has 12 heteroatoms. The molecule has 0 aliphatic heterocycles. The van der Waals surface area contributed by atoms with Crippen LogP contribution in [-0.4, -0.2) is 81.9 Å². The molecule has 0 saturated heterocycles. The molecule has 5 unspecified atom stereocenters. The number of carbonyl (C=O) groups excluding carboxylic acids is 3. The fraction of sp³-hybridized carbons (Fsp3) is 0.524. The summed E-state index contributed by atoms with van der Waals surface area (Å²) in [7, 11) is 0. The van der Waals surface area contributed by atoms with Crippen LogP contribution in [0.3, 0.4) is 0 Å². The largest absolute Gasteiger partial charge is 0.480 e. The van der Waals surface area contributed by atoms with Crippen molar-refractivity contribution in [2.75, 3.05) is 17.8 Å². The fourth-order valence-electron chi connectivity index (χ4n) is 2.84. The number of hydrogen-bond acceptors (Lipinski definition) is 8. The van der Waals surface area contributed by atoms with Crippen LogP contribution in [0.5, 0.6) is 0 Å². The van der Waals surface area contributed by atoms with Crippen LogP contribution in [0, 0.1) is 0 Å². The van der Waals surface area contributed by atoms with Gasteiger partial charge in [-0.2, -0.15) is 24.4 Å². The van der Waals surface area contributed by atoms with Gasteiger partial charge in [0.15, 0.2) is 6.04 Å². The number of carboxylic acids is 1. The van der Waals surface area contributed by atoms with Gasteiger partial charge in [-0.05, 0) is 30.9 Å². The fourth-order valence-corrected chi connectivity index (χ4v) is 3.48. The molecule has 0 aliphatic rings. The maximum absolute atomic E-state index is 13.0. The topological polar surface area (TPSA) is 171 Å². The van der Waals surface area contributed by atoms with Crippen molar-refractivity contribution >= 4 is 48.1 Å². The number of aliphatic hydroxyl groups is 1. The van der Waals surface area contributed by atoms with Gasteiger partial charge >= 0.3 is 5.97 Å². The van der Waals surface area contributed by atoms with Crippen LogP contribution in [0.15, 0.2) is 30.3 Å². The molecule has 0 aromatic heterocycles. The third-order valence-corrected chi connectivity index (χ3v) is 5.78. The van der Waals surface area contributed by atoms with Crippen molar-refractivity contribution in [2.45, 2.75) is 50.0 Å². The molecule has 1 aromatic carbocycles. The second kappa shape index (κ2) is 14.8. The summed E-state index contributed by atoms with van der Waals surface area (Å²) >= 11 is 5.47. The van der Waals surface area contributed by atoms with Gasteiger partial charge in [-0.25, -0.2) is 4.79 Å². The third kappa shape index (κ3) is 10.0. The van der Waals surface area contributed by atoms with E-state index in [1.54, 1.807) is 30.3 Å². The van der Waals surface area contributed by atoms with E-state index in [1.807, 2.05) is 6.26 Å². The van der Waals surface area contributed by atoms with Gasteiger partial charge in [-0.1, -0.05) is 30.3 Å². The molecule has 33 heavy (non-hydrogen) atoms. The molecule has 7 N–H and O–H groups in total. The number of nitrogens with two attached hydrogens (primary N) is 1. The summed E-state index contributed by atoms with van der Waals surface area (Å²) in [5.74, 6) is -2.68. The molecule has 5 atom stereocenters. The van der Waals surface area contributed by atoms with Crippen LogP contribution in [0.4, 0.5) is 0 Å². The van der Waals surface area contributed by atoms with Crippen molar-refractivity contribution in [3.05, 3.63) is 35.9 Å². The molecule has 10 nitrogen and oxygen atoms in total. The van der Waals surface area contributed by atoms with Gasteiger partial charge in [-0.3, -0.25) is 14.4 Å². The van der Waals surface area contributed by atoms with E-state index in [0.29, 0.717) is 12.2 Å². The van der Waals surface area contributed by atoms with Crippen LogP contribution in [0.1, 0.15) is 18.9 Å². The molecular weight excluding hydrogens is 468 g/mol. The van der Waals surface area contributed by atoms with Crippen LogP contribution >= 0.6 is 24.4 Å². The first kappa shape index (κ1) is 28.8. The summed E-state index contributed by atoms with van der Waals surface area (Å²) in [6.45, 7) is 1.24. The molecule has 0 aliphatic carbocycles. The normalized spacial score (nSPS) is 15.4. The minimum absolute atomic E-state index is 0.0733. The average molecular weight is 501 g/mol. The van der Waals surface area contributed by atoms with E-state index in [0.717, 1.165) is 5.56 Å². The standard InChI is InChI=1S/C21H32N4O6S2/c1-12(26)17(21(30)31)25-20(29)16(10-13-6-4-3-5-7-13)24-19(28)15(8-9-33-2)23-18(27)14(22)11-32/h3-7,12,14-17,26,32H,8-11,22H2,1-2H3,(H,23,27)(H,24,28)(H,25,29)(H,30,31). The summed E-state index contributed by atoms with van der Waals surface area (Å²) < 4.78 is 0. The summed E-state index contributed by atoms with van der Waals surface area (Å²) in [6, 6.07) is 4.30. The lowest BCUT2D eigenvalue weighted by atomic mass is 10.0. The highest BCUT2D eigenvalue weighted by atomic mass is 32.2. The quantitative estimate of drug-likeness (QED) is 0.162. The molecule has 184 valence electrons. The molecular formula is C21H32N4O6S2. The second-order valence-corrected chi connectivity index (χ2v) is 8.80. The Bertz CT molecular complexity index is 796. The molecule has 1 rings (SSSR count). The molecule has 0 saturated carbocycles.